The highest BCUT2D eigenvalue weighted by Crippen LogP contribution is 2.21. The Morgan fingerprint density at radius 2 is 1.47 bits per heavy atom. The summed E-state index contributed by atoms with van der Waals surface area (Å²) >= 11 is 0. The third-order valence-corrected chi connectivity index (χ3v) is 3.94. The largest absolute Gasteiger partial charge is 0.140 e. The predicted molar refractivity (Wildman–Crippen MR) is 72.2 cm³/mol. The molecule has 1 heteroatoms. The second-order valence-corrected chi connectivity index (χ2v) is 4.71. The lowest BCUT2D eigenvalue weighted by Gasteiger charge is -2.18. The third-order valence-electron chi connectivity index (χ3n) is 3.94. The van der Waals surface area contributed by atoms with Gasteiger partial charge in [-0.1, -0.05) is 29.9 Å². The van der Waals surface area contributed by atoms with E-state index in [2.05, 4.69) is 42.5 Å². The lowest BCUT2D eigenvalue weighted by molar-refractivity contribution is 0.786. The minimum Gasteiger partial charge on any atom is -0.0827 e. The van der Waals surface area contributed by atoms with Crippen LogP contribution >= 0.6 is 0 Å². The number of rotatable bonds is 3. The van der Waals surface area contributed by atoms with Crippen molar-refractivity contribution in [2.24, 2.45) is 0 Å². The van der Waals surface area contributed by atoms with Gasteiger partial charge in [0.25, 0.3) is 0 Å². The van der Waals surface area contributed by atoms with Gasteiger partial charge in [0.1, 0.15) is 7.85 Å². The molecule has 0 fully saturated rings. The van der Waals surface area contributed by atoms with Crippen LogP contribution in [-0.2, 0) is 6.42 Å². The Hall–Kier alpha value is -0.715. The molecule has 0 nitrogen and oxygen atoms in total. The topological polar surface area (TPSA) is 0 Å². The maximum atomic E-state index is 2.28. The van der Waals surface area contributed by atoms with Gasteiger partial charge in [0.05, 0.1) is 0 Å². The fourth-order valence-corrected chi connectivity index (χ4v) is 2.31. The minimum absolute atomic E-state index is 1.25. The van der Waals surface area contributed by atoms with E-state index in [1.165, 1.54) is 47.0 Å². The highest BCUT2D eigenvalue weighted by atomic mass is 14.1. The Bertz CT molecular complexity index is 335. The van der Waals surface area contributed by atoms with Gasteiger partial charge < -0.3 is 0 Å². The van der Waals surface area contributed by atoms with Crippen LogP contribution in [0.25, 0.3) is 0 Å². The molecule has 1 rings (SSSR count). The molecule has 0 bridgehead atoms. The summed E-state index contributed by atoms with van der Waals surface area (Å²) in [6.07, 6.45) is 3.84. The SMILES string of the molecule is Bc1c(C)c(C)c(C)c(CCCC)c1C. The number of hydrogen-bond donors (Lipinski definition) is 0. The highest BCUT2D eigenvalue weighted by molar-refractivity contribution is 6.34. The zero-order chi connectivity index (χ0) is 11.6. The number of benzene rings is 1. The smallest absolute Gasteiger partial charge is 0.0827 e. The standard InChI is InChI=1S/C14H23B/c1-6-7-8-13-10(3)9(2)11(4)14(15)12(13)5/h6-8,15H2,1-5H3. The Labute approximate surface area is 95.5 Å². The molecule has 0 aliphatic heterocycles. The van der Waals surface area contributed by atoms with Crippen LogP contribution in [-0.4, -0.2) is 7.85 Å². The van der Waals surface area contributed by atoms with Gasteiger partial charge in [0, 0.05) is 0 Å². The first-order valence-electron chi connectivity index (χ1n) is 6.06. The van der Waals surface area contributed by atoms with E-state index in [-0.39, 0.29) is 0 Å². The first-order chi connectivity index (χ1) is 7.00. The van der Waals surface area contributed by atoms with E-state index in [1.54, 1.807) is 5.56 Å². The summed E-state index contributed by atoms with van der Waals surface area (Å²) in [5.74, 6) is 0. The van der Waals surface area contributed by atoms with Crippen molar-refractivity contribution >= 4 is 13.3 Å². The van der Waals surface area contributed by atoms with E-state index < -0.39 is 0 Å². The highest BCUT2D eigenvalue weighted by Gasteiger charge is 2.10. The van der Waals surface area contributed by atoms with E-state index in [0.717, 1.165) is 0 Å². The molecule has 0 aliphatic rings. The van der Waals surface area contributed by atoms with Crippen LogP contribution < -0.4 is 5.46 Å². The van der Waals surface area contributed by atoms with Gasteiger partial charge >= 0.3 is 0 Å². The first kappa shape index (κ1) is 12.4. The zero-order valence-corrected chi connectivity index (χ0v) is 11.1. The van der Waals surface area contributed by atoms with Crippen molar-refractivity contribution < 1.29 is 0 Å². The molecule has 82 valence electrons. The Morgan fingerprint density at radius 1 is 0.867 bits per heavy atom. The Kier molecular flexibility index (Phi) is 4.01. The van der Waals surface area contributed by atoms with Crippen molar-refractivity contribution in [3.63, 3.8) is 0 Å². The van der Waals surface area contributed by atoms with Crippen molar-refractivity contribution in [1.29, 1.82) is 0 Å². The molecule has 0 amide bonds. The lowest BCUT2D eigenvalue weighted by Crippen LogP contribution is -2.18. The van der Waals surface area contributed by atoms with Crippen molar-refractivity contribution in [3.05, 3.63) is 27.8 Å². The second kappa shape index (κ2) is 4.87. The quantitative estimate of drug-likeness (QED) is 0.660. The molecule has 0 spiro atoms. The van der Waals surface area contributed by atoms with Crippen molar-refractivity contribution in [3.8, 4) is 0 Å². The van der Waals surface area contributed by atoms with Gasteiger partial charge in [-0.05, 0) is 57.2 Å². The summed E-state index contributed by atoms with van der Waals surface area (Å²) in [6, 6.07) is 0. The molecular weight excluding hydrogens is 179 g/mol. The van der Waals surface area contributed by atoms with Gasteiger partial charge in [-0.25, -0.2) is 0 Å². The maximum Gasteiger partial charge on any atom is 0.140 e. The second-order valence-electron chi connectivity index (χ2n) is 4.71. The van der Waals surface area contributed by atoms with Crippen molar-refractivity contribution in [2.75, 3.05) is 0 Å². The molecule has 1 aromatic carbocycles. The summed E-state index contributed by atoms with van der Waals surface area (Å²) < 4.78 is 0. The molecule has 0 atom stereocenters. The fourth-order valence-electron chi connectivity index (χ4n) is 2.31. The predicted octanol–water partition coefficient (Wildman–Crippen LogP) is 2.52. The summed E-state index contributed by atoms with van der Waals surface area (Å²) in [6.45, 7) is 11.3. The number of unbranched alkanes of at least 4 members (excludes halogenated alkanes) is 1. The molecular formula is C14H23B. The maximum absolute atomic E-state index is 2.28. The summed E-state index contributed by atoms with van der Waals surface area (Å²) in [5, 5.41) is 0. The van der Waals surface area contributed by atoms with Gasteiger partial charge in [-0.3, -0.25) is 0 Å². The molecule has 0 aromatic heterocycles. The van der Waals surface area contributed by atoms with Crippen molar-refractivity contribution in [2.45, 2.75) is 53.9 Å². The normalized spacial score (nSPS) is 10.7. The van der Waals surface area contributed by atoms with E-state index in [0.29, 0.717) is 0 Å². The van der Waals surface area contributed by atoms with Gasteiger partial charge in [0.2, 0.25) is 0 Å². The monoisotopic (exact) mass is 202 g/mol. The van der Waals surface area contributed by atoms with Crippen LogP contribution in [0.4, 0.5) is 0 Å². The molecule has 0 unspecified atom stereocenters. The average Bonchev–Trinajstić information content (AvgIpc) is 2.24. The molecule has 1 aromatic rings. The van der Waals surface area contributed by atoms with E-state index >= 15 is 0 Å². The fraction of sp³-hybridized carbons (Fsp3) is 0.571. The summed E-state index contributed by atoms with van der Waals surface area (Å²) in [5.41, 5.74) is 9.09. The zero-order valence-electron chi connectivity index (χ0n) is 11.1. The third kappa shape index (κ3) is 2.27. The molecule has 0 aliphatic carbocycles. The summed E-state index contributed by atoms with van der Waals surface area (Å²) in [4.78, 5) is 0. The Morgan fingerprint density at radius 3 is 2.00 bits per heavy atom. The van der Waals surface area contributed by atoms with Crippen LogP contribution in [0.2, 0.25) is 0 Å². The van der Waals surface area contributed by atoms with E-state index in [1.807, 2.05) is 0 Å². The number of hydrogen-bond acceptors (Lipinski definition) is 0. The average molecular weight is 202 g/mol. The van der Waals surface area contributed by atoms with E-state index in [9.17, 15) is 0 Å². The molecule has 0 radical (unpaired) electrons. The van der Waals surface area contributed by atoms with E-state index in [4.69, 9.17) is 0 Å². The van der Waals surface area contributed by atoms with Crippen LogP contribution in [0, 0.1) is 27.7 Å². The van der Waals surface area contributed by atoms with Gasteiger partial charge in [0.15, 0.2) is 0 Å². The van der Waals surface area contributed by atoms with Gasteiger partial charge in [-0.15, -0.1) is 0 Å². The van der Waals surface area contributed by atoms with Crippen LogP contribution in [0.3, 0.4) is 0 Å². The van der Waals surface area contributed by atoms with Crippen LogP contribution in [0.15, 0.2) is 0 Å². The lowest BCUT2D eigenvalue weighted by atomic mass is 9.79. The molecule has 15 heavy (non-hydrogen) atoms. The molecule has 0 N–H and O–H groups in total. The molecule has 0 saturated heterocycles. The van der Waals surface area contributed by atoms with Crippen LogP contribution in [0.5, 0.6) is 0 Å². The van der Waals surface area contributed by atoms with Crippen molar-refractivity contribution in [1.82, 2.24) is 0 Å². The molecule has 0 heterocycles. The summed E-state index contributed by atoms with van der Waals surface area (Å²) in [7, 11) is 2.26. The minimum atomic E-state index is 1.25. The van der Waals surface area contributed by atoms with Gasteiger partial charge in [-0.2, -0.15) is 0 Å². The Balaban J connectivity index is 3.26. The first-order valence-corrected chi connectivity index (χ1v) is 6.06. The van der Waals surface area contributed by atoms with Crippen LogP contribution in [0.1, 0.15) is 47.6 Å². The molecule has 0 saturated carbocycles.